The van der Waals surface area contributed by atoms with Crippen LogP contribution in [0.3, 0.4) is 0 Å². The average Bonchev–Trinajstić information content (AvgIpc) is 2.43. The quantitative estimate of drug-likeness (QED) is 0.716. The van der Waals surface area contributed by atoms with Crippen molar-refractivity contribution in [3.8, 4) is 0 Å². The van der Waals surface area contributed by atoms with E-state index >= 15 is 0 Å². The highest BCUT2D eigenvalue weighted by molar-refractivity contribution is 5.97. The summed E-state index contributed by atoms with van der Waals surface area (Å²) in [5, 5.41) is 6.06. The average molecular weight is 339 g/mol. The fourth-order valence-corrected chi connectivity index (χ4v) is 2.51. The molecule has 0 spiro atoms. The van der Waals surface area contributed by atoms with Crippen molar-refractivity contribution in [3.63, 3.8) is 0 Å². The molecular weight excluding hydrogens is 312 g/mol. The van der Waals surface area contributed by atoms with E-state index in [9.17, 15) is 9.59 Å². The van der Waals surface area contributed by atoms with Crippen molar-refractivity contribution in [3.05, 3.63) is 35.4 Å². The predicted molar refractivity (Wildman–Crippen MR) is 95.2 cm³/mol. The minimum Gasteiger partial charge on any atom is -0.356 e. The topological polar surface area (TPSA) is 58.2 Å². The summed E-state index contributed by atoms with van der Waals surface area (Å²) in [5.74, 6) is 1.16. The van der Waals surface area contributed by atoms with Crippen molar-refractivity contribution in [1.82, 2.24) is 10.6 Å². The van der Waals surface area contributed by atoms with Crippen molar-refractivity contribution in [1.29, 1.82) is 0 Å². The van der Waals surface area contributed by atoms with Gasteiger partial charge in [0.1, 0.15) is 0 Å². The monoisotopic (exact) mass is 338 g/mol. The van der Waals surface area contributed by atoms with Crippen LogP contribution in [-0.2, 0) is 11.2 Å². The molecule has 0 unspecified atom stereocenters. The molecule has 0 atom stereocenters. The van der Waals surface area contributed by atoms with E-state index in [2.05, 4.69) is 24.5 Å². The molecule has 4 nitrogen and oxygen atoms in total. The van der Waals surface area contributed by atoms with Crippen LogP contribution in [0.1, 0.15) is 42.6 Å². The molecule has 1 aliphatic rings. The molecule has 128 valence electrons. The Kier molecular flexibility index (Phi) is 8.28. The van der Waals surface area contributed by atoms with Gasteiger partial charge in [0.2, 0.25) is 5.91 Å². The van der Waals surface area contributed by atoms with Gasteiger partial charge >= 0.3 is 0 Å². The molecule has 1 aromatic rings. The van der Waals surface area contributed by atoms with E-state index in [-0.39, 0.29) is 36.9 Å². The Morgan fingerprint density at radius 2 is 1.83 bits per heavy atom. The highest BCUT2D eigenvalue weighted by atomic mass is 35.5. The number of Topliss-reactive ketones (excluding diaryl/α,β-unsaturated/α-hetero) is 1. The molecule has 0 aromatic heterocycles. The van der Waals surface area contributed by atoms with E-state index in [0.29, 0.717) is 23.9 Å². The Labute approximate surface area is 144 Å². The van der Waals surface area contributed by atoms with Crippen LogP contribution in [0.4, 0.5) is 0 Å². The number of benzene rings is 1. The van der Waals surface area contributed by atoms with Crippen LogP contribution in [0.2, 0.25) is 0 Å². The minimum atomic E-state index is -0.0309. The van der Waals surface area contributed by atoms with Gasteiger partial charge in [-0.15, -0.1) is 12.4 Å². The lowest BCUT2D eigenvalue weighted by molar-refractivity contribution is -0.121. The Morgan fingerprint density at radius 3 is 2.35 bits per heavy atom. The third-order valence-electron chi connectivity index (χ3n) is 3.95. The first-order valence-corrected chi connectivity index (χ1v) is 8.14. The van der Waals surface area contributed by atoms with Gasteiger partial charge in [-0.2, -0.15) is 0 Å². The molecule has 1 aliphatic heterocycles. The van der Waals surface area contributed by atoms with E-state index in [1.807, 2.05) is 24.3 Å². The Bertz CT molecular complexity index is 510. The lowest BCUT2D eigenvalue weighted by atomic mass is 9.99. The van der Waals surface area contributed by atoms with Crippen molar-refractivity contribution in [2.45, 2.75) is 33.1 Å². The predicted octanol–water partition coefficient (Wildman–Crippen LogP) is 2.61. The molecule has 0 aliphatic carbocycles. The number of carbonyl (C=O) groups is 2. The van der Waals surface area contributed by atoms with Crippen molar-refractivity contribution < 1.29 is 9.59 Å². The zero-order valence-electron chi connectivity index (χ0n) is 13.9. The molecule has 23 heavy (non-hydrogen) atoms. The highest BCUT2D eigenvalue weighted by Crippen LogP contribution is 2.12. The summed E-state index contributed by atoms with van der Waals surface area (Å²) in [4.78, 5) is 23.8. The minimum absolute atomic E-state index is 0. The van der Waals surface area contributed by atoms with E-state index in [1.54, 1.807) is 0 Å². The second kappa shape index (κ2) is 9.68. The second-order valence-electron chi connectivity index (χ2n) is 6.55. The number of halogens is 1. The first-order valence-electron chi connectivity index (χ1n) is 8.14. The van der Waals surface area contributed by atoms with Crippen molar-refractivity contribution >= 4 is 24.1 Å². The Balaban J connectivity index is 0.00000264. The van der Waals surface area contributed by atoms with E-state index in [0.717, 1.165) is 19.5 Å². The zero-order valence-corrected chi connectivity index (χ0v) is 14.7. The summed E-state index contributed by atoms with van der Waals surface area (Å²) >= 11 is 0. The molecule has 0 radical (unpaired) electrons. The largest absolute Gasteiger partial charge is 0.356 e. The first kappa shape index (κ1) is 19.7. The lowest BCUT2D eigenvalue weighted by Gasteiger charge is -2.27. The van der Waals surface area contributed by atoms with Crippen LogP contribution in [0, 0.1) is 11.8 Å². The van der Waals surface area contributed by atoms with Gasteiger partial charge in [-0.25, -0.2) is 0 Å². The van der Waals surface area contributed by atoms with Crippen LogP contribution in [0.15, 0.2) is 24.3 Å². The Hall–Kier alpha value is -1.39. The van der Waals surface area contributed by atoms with Crippen LogP contribution in [-0.4, -0.2) is 31.3 Å². The summed E-state index contributed by atoms with van der Waals surface area (Å²) < 4.78 is 0. The Morgan fingerprint density at radius 1 is 1.17 bits per heavy atom. The maximum Gasteiger partial charge on any atom is 0.220 e. The molecule has 1 aromatic carbocycles. The second-order valence-corrected chi connectivity index (χ2v) is 6.55. The number of hydrogen-bond acceptors (Lipinski definition) is 3. The number of ketones is 1. The molecule has 1 heterocycles. The van der Waals surface area contributed by atoms with Crippen molar-refractivity contribution in [2.75, 3.05) is 19.6 Å². The van der Waals surface area contributed by atoms with Gasteiger partial charge in [0, 0.05) is 44.0 Å². The van der Waals surface area contributed by atoms with Gasteiger partial charge in [-0.3, -0.25) is 9.59 Å². The number of amides is 1. The smallest absolute Gasteiger partial charge is 0.220 e. The van der Waals surface area contributed by atoms with Gasteiger partial charge in [0.05, 0.1) is 0 Å². The zero-order chi connectivity index (χ0) is 15.9. The molecule has 2 rings (SSSR count). The van der Waals surface area contributed by atoms with Crippen LogP contribution < -0.4 is 10.6 Å². The van der Waals surface area contributed by atoms with Gasteiger partial charge in [0.25, 0.3) is 0 Å². The molecule has 0 bridgehead atoms. The number of carbonyl (C=O) groups excluding carboxylic acids is 2. The first-order chi connectivity index (χ1) is 10.5. The molecule has 5 heteroatoms. The maximum atomic E-state index is 12.1. The molecular formula is C18H27ClN2O2. The third-order valence-corrected chi connectivity index (χ3v) is 3.95. The van der Waals surface area contributed by atoms with Gasteiger partial charge in [-0.05, 0) is 17.9 Å². The summed E-state index contributed by atoms with van der Waals surface area (Å²) in [6.07, 6.45) is 1.57. The number of hydrogen-bond donors (Lipinski definition) is 2. The van der Waals surface area contributed by atoms with Crippen LogP contribution in [0.25, 0.3) is 0 Å². The fourth-order valence-electron chi connectivity index (χ4n) is 2.51. The van der Waals surface area contributed by atoms with Crippen LogP contribution in [0.5, 0.6) is 0 Å². The molecule has 1 saturated heterocycles. The standard InChI is InChI=1S/C18H26N2O2.ClH/c1-13(2)9-14-3-5-16(6-4-14)17(21)7-8-18(22)20-12-15-10-19-11-15;/h3-6,13,15,19H,7-12H2,1-2H3,(H,20,22);1H. The summed E-state index contributed by atoms with van der Waals surface area (Å²) in [5.41, 5.74) is 1.95. The fraction of sp³-hybridized carbons (Fsp3) is 0.556. The third kappa shape index (κ3) is 6.71. The van der Waals surface area contributed by atoms with Gasteiger partial charge in [0.15, 0.2) is 5.78 Å². The summed E-state index contributed by atoms with van der Waals surface area (Å²) in [6, 6.07) is 7.77. The van der Waals surface area contributed by atoms with E-state index < -0.39 is 0 Å². The van der Waals surface area contributed by atoms with Gasteiger partial charge < -0.3 is 10.6 Å². The highest BCUT2D eigenvalue weighted by Gasteiger charge is 2.17. The normalized spacial score (nSPS) is 14.0. The van der Waals surface area contributed by atoms with Crippen LogP contribution >= 0.6 is 12.4 Å². The van der Waals surface area contributed by atoms with E-state index in [4.69, 9.17) is 0 Å². The number of nitrogens with one attached hydrogen (secondary N) is 2. The summed E-state index contributed by atoms with van der Waals surface area (Å²) in [6.45, 7) is 7.02. The molecule has 0 saturated carbocycles. The van der Waals surface area contributed by atoms with Gasteiger partial charge in [-0.1, -0.05) is 38.1 Å². The van der Waals surface area contributed by atoms with E-state index in [1.165, 1.54) is 5.56 Å². The SMILES string of the molecule is CC(C)Cc1ccc(C(=O)CCC(=O)NCC2CNC2)cc1.Cl. The molecule has 1 amide bonds. The lowest BCUT2D eigenvalue weighted by Crippen LogP contribution is -2.48. The maximum absolute atomic E-state index is 12.1. The van der Waals surface area contributed by atoms with Crippen molar-refractivity contribution in [2.24, 2.45) is 11.8 Å². The molecule has 2 N–H and O–H groups in total. The molecule has 1 fully saturated rings. The number of rotatable bonds is 8. The summed E-state index contributed by atoms with van der Waals surface area (Å²) in [7, 11) is 0.